The molecule has 0 fully saturated rings. The Morgan fingerprint density at radius 3 is 2.88 bits per heavy atom. The topological polar surface area (TPSA) is 56.1 Å². The second-order valence-electron chi connectivity index (χ2n) is 5.92. The van der Waals surface area contributed by atoms with Gasteiger partial charge >= 0.3 is 0 Å². The molecule has 0 aliphatic carbocycles. The lowest BCUT2D eigenvalue weighted by Crippen LogP contribution is -2.33. The fourth-order valence-electron chi connectivity index (χ4n) is 3.00. The number of rotatable bonds is 4. The van der Waals surface area contributed by atoms with Crippen LogP contribution in [0.1, 0.15) is 17.2 Å². The summed E-state index contributed by atoms with van der Waals surface area (Å²) in [4.78, 5) is 6.47. The van der Waals surface area contributed by atoms with Crippen molar-refractivity contribution in [2.24, 2.45) is 0 Å². The molecule has 0 saturated heterocycles. The van der Waals surface area contributed by atoms with E-state index in [0.29, 0.717) is 0 Å². The van der Waals surface area contributed by atoms with Crippen LogP contribution in [0.3, 0.4) is 0 Å². The van der Waals surface area contributed by atoms with Crippen LogP contribution in [0.2, 0.25) is 0 Å². The monoisotopic (exact) mass is 321 g/mol. The molecule has 0 spiro atoms. The third kappa shape index (κ3) is 3.00. The van der Waals surface area contributed by atoms with Crippen molar-refractivity contribution in [3.63, 3.8) is 0 Å². The molecule has 1 aromatic carbocycles. The second kappa shape index (κ2) is 6.41. The van der Waals surface area contributed by atoms with E-state index >= 15 is 0 Å². The largest absolute Gasteiger partial charge is 0.455 e. The lowest BCUT2D eigenvalue weighted by Gasteiger charge is -2.28. The maximum Gasteiger partial charge on any atom is 0.147 e. The first-order valence-corrected chi connectivity index (χ1v) is 8.06. The quantitative estimate of drug-likeness (QED) is 0.739. The molecule has 24 heavy (non-hydrogen) atoms. The molecule has 122 valence electrons. The van der Waals surface area contributed by atoms with Gasteiger partial charge in [-0.1, -0.05) is 18.2 Å². The highest BCUT2D eigenvalue weighted by atomic mass is 16.5. The highest BCUT2D eigenvalue weighted by molar-refractivity contribution is 5.37. The van der Waals surface area contributed by atoms with Gasteiger partial charge in [-0.15, -0.1) is 10.2 Å². The number of nitrogens with zero attached hydrogens (tertiary/aromatic N) is 5. The Kier molecular flexibility index (Phi) is 3.96. The summed E-state index contributed by atoms with van der Waals surface area (Å²) >= 11 is 0. The maximum absolute atomic E-state index is 6.00. The first kappa shape index (κ1) is 14.8. The number of aromatic nitrogens is 4. The molecule has 0 N–H and O–H groups in total. The van der Waals surface area contributed by atoms with E-state index in [1.54, 1.807) is 12.4 Å². The Morgan fingerprint density at radius 2 is 2.00 bits per heavy atom. The van der Waals surface area contributed by atoms with Gasteiger partial charge in [0.15, 0.2) is 0 Å². The molecule has 6 nitrogen and oxygen atoms in total. The lowest BCUT2D eigenvalue weighted by atomic mass is 10.1. The molecule has 0 saturated carbocycles. The van der Waals surface area contributed by atoms with Crippen LogP contribution >= 0.6 is 0 Å². The van der Waals surface area contributed by atoms with Crippen molar-refractivity contribution in [3.05, 3.63) is 66.0 Å². The van der Waals surface area contributed by atoms with Crippen molar-refractivity contribution in [1.82, 2.24) is 24.6 Å². The zero-order chi connectivity index (χ0) is 16.4. The zero-order valence-corrected chi connectivity index (χ0v) is 13.6. The highest BCUT2D eigenvalue weighted by Crippen LogP contribution is 2.26. The Hall–Kier alpha value is -2.73. The molecule has 1 aliphatic rings. The number of aryl methyl sites for hydroxylation is 1. The van der Waals surface area contributed by atoms with Gasteiger partial charge in [0.25, 0.3) is 0 Å². The molecule has 4 rings (SSSR count). The van der Waals surface area contributed by atoms with Crippen LogP contribution in [0.4, 0.5) is 0 Å². The molecule has 0 atom stereocenters. The summed E-state index contributed by atoms with van der Waals surface area (Å²) in [5, 5.41) is 8.44. The van der Waals surface area contributed by atoms with E-state index in [4.69, 9.17) is 4.74 Å². The Labute approximate surface area is 140 Å². The molecule has 3 heterocycles. The fourth-order valence-corrected chi connectivity index (χ4v) is 3.00. The van der Waals surface area contributed by atoms with Crippen LogP contribution in [0.5, 0.6) is 11.5 Å². The van der Waals surface area contributed by atoms with Gasteiger partial charge in [-0.25, -0.2) is 0 Å². The van der Waals surface area contributed by atoms with Crippen molar-refractivity contribution < 1.29 is 4.74 Å². The Balaban J connectivity index is 1.51. The van der Waals surface area contributed by atoms with Crippen molar-refractivity contribution in [3.8, 4) is 11.5 Å². The van der Waals surface area contributed by atoms with Gasteiger partial charge in [0, 0.05) is 31.4 Å². The highest BCUT2D eigenvalue weighted by Gasteiger charge is 2.20. The van der Waals surface area contributed by atoms with Gasteiger partial charge in [0.05, 0.1) is 12.7 Å². The summed E-state index contributed by atoms with van der Waals surface area (Å²) in [5.41, 5.74) is 1.16. The summed E-state index contributed by atoms with van der Waals surface area (Å²) < 4.78 is 8.19. The molecule has 0 bridgehead atoms. The van der Waals surface area contributed by atoms with E-state index in [9.17, 15) is 0 Å². The number of hydrogen-bond acceptors (Lipinski definition) is 5. The van der Waals surface area contributed by atoms with E-state index < -0.39 is 0 Å². The van der Waals surface area contributed by atoms with Crippen LogP contribution in [-0.2, 0) is 19.6 Å². The minimum Gasteiger partial charge on any atom is -0.455 e. The van der Waals surface area contributed by atoms with Crippen LogP contribution in [-0.4, -0.2) is 31.2 Å². The average Bonchev–Trinajstić information content (AvgIpc) is 2.98. The van der Waals surface area contributed by atoms with Crippen LogP contribution < -0.4 is 4.74 Å². The van der Waals surface area contributed by atoms with Crippen molar-refractivity contribution in [2.45, 2.75) is 26.6 Å². The van der Waals surface area contributed by atoms with E-state index in [-0.39, 0.29) is 0 Å². The molecule has 0 unspecified atom stereocenters. The molecule has 0 radical (unpaired) electrons. The third-order valence-electron chi connectivity index (χ3n) is 4.25. The minimum atomic E-state index is 0.749. The first-order chi connectivity index (χ1) is 11.8. The van der Waals surface area contributed by atoms with Crippen LogP contribution in [0, 0.1) is 6.92 Å². The normalized spacial score (nSPS) is 14.4. The maximum atomic E-state index is 6.00. The summed E-state index contributed by atoms with van der Waals surface area (Å²) in [5.74, 6) is 3.64. The molecular weight excluding hydrogens is 302 g/mol. The van der Waals surface area contributed by atoms with Crippen LogP contribution in [0.15, 0.2) is 48.8 Å². The Bertz CT molecular complexity index is 830. The van der Waals surface area contributed by atoms with Gasteiger partial charge in [0.1, 0.15) is 23.1 Å². The lowest BCUT2D eigenvalue weighted by molar-refractivity contribution is 0.206. The van der Waals surface area contributed by atoms with Gasteiger partial charge in [-0.3, -0.25) is 9.88 Å². The van der Waals surface area contributed by atoms with E-state index in [1.807, 2.05) is 37.3 Å². The molecule has 2 aromatic heterocycles. The van der Waals surface area contributed by atoms with Crippen molar-refractivity contribution >= 4 is 0 Å². The number of ether oxygens (including phenoxy) is 1. The summed E-state index contributed by atoms with van der Waals surface area (Å²) in [6.45, 7) is 5.54. The first-order valence-electron chi connectivity index (χ1n) is 8.06. The van der Waals surface area contributed by atoms with E-state index in [2.05, 4.69) is 30.7 Å². The molecule has 6 heteroatoms. The summed E-state index contributed by atoms with van der Waals surface area (Å²) in [7, 11) is 0. The standard InChI is InChI=1S/C18H19N5O/c1-14-20-21-18-13-22(9-10-23(14)18)12-15-5-2-3-7-17(15)24-16-6-4-8-19-11-16/h2-8,11H,9-10,12-13H2,1H3. The second-order valence-corrected chi connectivity index (χ2v) is 5.92. The number of benzene rings is 1. The number of fused-ring (bicyclic) bond motifs is 1. The molecular formula is C18H19N5O. The van der Waals surface area contributed by atoms with Gasteiger partial charge in [0.2, 0.25) is 0 Å². The van der Waals surface area contributed by atoms with Gasteiger partial charge in [-0.2, -0.15) is 0 Å². The SMILES string of the molecule is Cc1nnc2n1CCN(Cc1ccccc1Oc1cccnc1)C2. The molecule has 1 aliphatic heterocycles. The number of hydrogen-bond donors (Lipinski definition) is 0. The van der Waals surface area contributed by atoms with Gasteiger partial charge < -0.3 is 9.30 Å². The van der Waals surface area contributed by atoms with Crippen molar-refractivity contribution in [1.29, 1.82) is 0 Å². The fraction of sp³-hybridized carbons (Fsp3) is 0.278. The van der Waals surface area contributed by atoms with Crippen LogP contribution in [0.25, 0.3) is 0 Å². The summed E-state index contributed by atoms with van der Waals surface area (Å²) in [6.07, 6.45) is 3.47. The molecule has 0 amide bonds. The van der Waals surface area contributed by atoms with E-state index in [1.165, 1.54) is 0 Å². The number of pyridine rings is 1. The predicted octanol–water partition coefficient (Wildman–Crippen LogP) is 2.79. The summed E-state index contributed by atoms with van der Waals surface area (Å²) in [6, 6.07) is 11.9. The average molecular weight is 321 g/mol. The Morgan fingerprint density at radius 1 is 1.08 bits per heavy atom. The van der Waals surface area contributed by atoms with Crippen molar-refractivity contribution in [2.75, 3.05) is 6.54 Å². The smallest absolute Gasteiger partial charge is 0.147 e. The molecule has 3 aromatic rings. The third-order valence-corrected chi connectivity index (χ3v) is 4.25. The van der Waals surface area contributed by atoms with Gasteiger partial charge in [-0.05, 0) is 25.1 Å². The predicted molar refractivity (Wildman–Crippen MR) is 89.6 cm³/mol. The van der Waals surface area contributed by atoms with E-state index in [0.717, 1.165) is 54.9 Å². The number of para-hydroxylation sites is 1. The minimum absolute atomic E-state index is 0.749. The zero-order valence-electron chi connectivity index (χ0n) is 13.6.